The molecular weight excluding hydrogens is 166 g/mol. The number of nitrogens with one attached hydrogen (secondary N) is 2. The van der Waals surface area contributed by atoms with Gasteiger partial charge in [0, 0.05) is 33.0 Å². The van der Waals surface area contributed by atoms with Crippen LogP contribution in [-0.2, 0) is 6.42 Å². The van der Waals surface area contributed by atoms with Gasteiger partial charge < -0.3 is 15.2 Å². The second-order valence-corrected chi connectivity index (χ2v) is 2.95. The Kier molecular flexibility index (Phi) is 3.37. The molecule has 4 heteroatoms. The summed E-state index contributed by atoms with van der Waals surface area (Å²) in [4.78, 5) is 15.7. The van der Waals surface area contributed by atoms with Crippen molar-refractivity contribution in [2.75, 3.05) is 20.6 Å². The minimum absolute atomic E-state index is 0.0458. The second kappa shape index (κ2) is 4.54. The number of carbonyl (C=O) groups is 1. The molecule has 0 aliphatic heterocycles. The van der Waals surface area contributed by atoms with E-state index in [2.05, 4.69) is 10.3 Å². The minimum atomic E-state index is -0.0458. The Balaban J connectivity index is 2.30. The lowest BCUT2D eigenvalue weighted by molar-refractivity contribution is 0.211. The van der Waals surface area contributed by atoms with Crippen LogP contribution in [0.3, 0.4) is 0 Å². The molecule has 0 saturated carbocycles. The molecule has 1 heterocycles. The average molecular weight is 181 g/mol. The quantitative estimate of drug-likeness (QED) is 0.713. The molecule has 1 aromatic rings. The molecule has 1 rings (SSSR count). The van der Waals surface area contributed by atoms with Gasteiger partial charge in [-0.3, -0.25) is 0 Å². The van der Waals surface area contributed by atoms with Crippen molar-refractivity contribution < 1.29 is 4.79 Å². The Bertz CT molecular complexity index is 256. The van der Waals surface area contributed by atoms with Gasteiger partial charge in [0.1, 0.15) is 0 Å². The molecule has 0 aliphatic carbocycles. The summed E-state index contributed by atoms with van der Waals surface area (Å²) < 4.78 is 0. The van der Waals surface area contributed by atoms with Gasteiger partial charge in [0.15, 0.2) is 0 Å². The lowest BCUT2D eigenvalue weighted by atomic mass is 10.2. The molecule has 0 spiro atoms. The van der Waals surface area contributed by atoms with Gasteiger partial charge in [0.05, 0.1) is 0 Å². The highest BCUT2D eigenvalue weighted by Gasteiger charge is 2.04. The van der Waals surface area contributed by atoms with Gasteiger partial charge in [0.25, 0.3) is 0 Å². The summed E-state index contributed by atoms with van der Waals surface area (Å²) in [6.45, 7) is 0.734. The van der Waals surface area contributed by atoms with Gasteiger partial charge >= 0.3 is 6.03 Å². The summed E-state index contributed by atoms with van der Waals surface area (Å²) in [7, 11) is 3.42. The van der Waals surface area contributed by atoms with E-state index in [0.717, 1.165) is 13.0 Å². The third-order valence-corrected chi connectivity index (χ3v) is 1.96. The van der Waals surface area contributed by atoms with E-state index in [1.807, 2.05) is 18.5 Å². The van der Waals surface area contributed by atoms with Crippen molar-refractivity contribution in [1.82, 2.24) is 15.2 Å². The van der Waals surface area contributed by atoms with E-state index in [1.54, 1.807) is 19.0 Å². The number of urea groups is 1. The van der Waals surface area contributed by atoms with Crippen LogP contribution in [0.5, 0.6) is 0 Å². The van der Waals surface area contributed by atoms with Gasteiger partial charge in [-0.05, 0) is 18.1 Å². The Hall–Kier alpha value is -1.45. The van der Waals surface area contributed by atoms with Crippen molar-refractivity contribution >= 4 is 6.03 Å². The first kappa shape index (κ1) is 9.64. The topological polar surface area (TPSA) is 48.1 Å². The van der Waals surface area contributed by atoms with Crippen LogP contribution in [0.4, 0.5) is 4.79 Å². The maximum Gasteiger partial charge on any atom is 0.316 e. The second-order valence-electron chi connectivity index (χ2n) is 2.95. The lowest BCUT2D eigenvalue weighted by Crippen LogP contribution is -2.36. The zero-order chi connectivity index (χ0) is 9.68. The zero-order valence-corrected chi connectivity index (χ0v) is 8.00. The van der Waals surface area contributed by atoms with Crippen LogP contribution in [0, 0.1) is 0 Å². The van der Waals surface area contributed by atoms with Crippen molar-refractivity contribution in [2.45, 2.75) is 6.42 Å². The number of hydrogen-bond acceptors (Lipinski definition) is 1. The number of aromatic nitrogens is 1. The molecule has 2 N–H and O–H groups in total. The zero-order valence-electron chi connectivity index (χ0n) is 8.00. The van der Waals surface area contributed by atoms with E-state index in [9.17, 15) is 4.79 Å². The van der Waals surface area contributed by atoms with Gasteiger partial charge in [0.2, 0.25) is 0 Å². The van der Waals surface area contributed by atoms with Crippen LogP contribution >= 0.6 is 0 Å². The first-order chi connectivity index (χ1) is 6.24. The predicted molar refractivity (Wildman–Crippen MR) is 51.6 cm³/mol. The molecule has 4 nitrogen and oxygen atoms in total. The lowest BCUT2D eigenvalue weighted by Gasteiger charge is -2.15. The summed E-state index contributed by atoms with van der Waals surface area (Å²) >= 11 is 0. The van der Waals surface area contributed by atoms with Crippen molar-refractivity contribution in [2.24, 2.45) is 0 Å². The van der Waals surface area contributed by atoms with E-state index >= 15 is 0 Å². The third-order valence-electron chi connectivity index (χ3n) is 1.96. The summed E-state index contributed by atoms with van der Waals surface area (Å²) in [5.74, 6) is 0. The average Bonchev–Trinajstić information content (AvgIpc) is 2.65. The Morgan fingerprint density at radius 1 is 1.69 bits per heavy atom. The van der Waals surface area contributed by atoms with Gasteiger partial charge in [-0.2, -0.15) is 0 Å². The number of carbonyl (C=O) groups excluding carboxylic acids is 1. The van der Waals surface area contributed by atoms with Crippen molar-refractivity contribution in [3.63, 3.8) is 0 Å². The van der Waals surface area contributed by atoms with Crippen LogP contribution in [0.2, 0.25) is 0 Å². The Morgan fingerprint density at radius 2 is 2.46 bits per heavy atom. The summed E-state index contributed by atoms with van der Waals surface area (Å²) in [5, 5.41) is 2.57. The highest BCUT2D eigenvalue weighted by Crippen LogP contribution is 1.98. The van der Waals surface area contributed by atoms with E-state index in [4.69, 9.17) is 0 Å². The number of nitrogens with zero attached hydrogens (tertiary/aromatic N) is 1. The van der Waals surface area contributed by atoms with Crippen LogP contribution in [-0.4, -0.2) is 36.6 Å². The molecule has 0 atom stereocenters. The molecule has 0 radical (unpaired) electrons. The molecule has 0 fully saturated rings. The highest BCUT2D eigenvalue weighted by molar-refractivity contribution is 5.73. The number of aromatic amines is 1. The van der Waals surface area contributed by atoms with Crippen LogP contribution < -0.4 is 5.32 Å². The summed E-state index contributed by atoms with van der Waals surface area (Å²) in [6.07, 6.45) is 4.71. The van der Waals surface area contributed by atoms with Gasteiger partial charge in [-0.25, -0.2) is 4.79 Å². The number of H-pyrrole nitrogens is 1. The smallest absolute Gasteiger partial charge is 0.316 e. The maximum atomic E-state index is 11.1. The van der Waals surface area contributed by atoms with Crippen molar-refractivity contribution in [1.29, 1.82) is 0 Å². The normalized spacial score (nSPS) is 9.69. The number of amides is 2. The molecule has 2 amide bonds. The largest absolute Gasteiger partial charge is 0.367 e. The van der Waals surface area contributed by atoms with Crippen molar-refractivity contribution in [3.8, 4) is 0 Å². The fraction of sp³-hybridized carbons (Fsp3) is 0.444. The predicted octanol–water partition coefficient (Wildman–Crippen LogP) is 0.828. The molecular formula is C9H15N3O. The fourth-order valence-electron chi connectivity index (χ4n) is 1.10. The van der Waals surface area contributed by atoms with E-state index in [0.29, 0.717) is 0 Å². The molecule has 72 valence electrons. The van der Waals surface area contributed by atoms with E-state index in [-0.39, 0.29) is 6.03 Å². The summed E-state index contributed by atoms with van der Waals surface area (Å²) in [5.41, 5.74) is 1.22. The highest BCUT2D eigenvalue weighted by atomic mass is 16.2. The standard InChI is InChI=1S/C9H15N3O/c1-10-9(13)12(2)6-4-8-3-5-11-7-8/h3,5,7,11H,4,6H2,1-2H3,(H,10,13). The number of hydrogen-bond donors (Lipinski definition) is 2. The first-order valence-electron chi connectivity index (χ1n) is 4.28. The van der Waals surface area contributed by atoms with Crippen LogP contribution in [0.15, 0.2) is 18.5 Å². The molecule has 13 heavy (non-hydrogen) atoms. The first-order valence-corrected chi connectivity index (χ1v) is 4.28. The Labute approximate surface area is 77.9 Å². The maximum absolute atomic E-state index is 11.1. The summed E-state index contributed by atoms with van der Waals surface area (Å²) in [6, 6.07) is 1.97. The van der Waals surface area contributed by atoms with E-state index < -0.39 is 0 Å². The number of rotatable bonds is 3. The fourth-order valence-corrected chi connectivity index (χ4v) is 1.10. The molecule has 1 aromatic heterocycles. The number of likely N-dealkylation sites (N-methyl/N-ethyl adjacent to an activating group) is 1. The van der Waals surface area contributed by atoms with Gasteiger partial charge in [-0.15, -0.1) is 0 Å². The molecule has 0 saturated heterocycles. The molecule has 0 aliphatic rings. The monoisotopic (exact) mass is 181 g/mol. The Morgan fingerprint density at radius 3 is 3.00 bits per heavy atom. The molecule has 0 aromatic carbocycles. The minimum Gasteiger partial charge on any atom is -0.367 e. The van der Waals surface area contributed by atoms with Gasteiger partial charge in [-0.1, -0.05) is 0 Å². The van der Waals surface area contributed by atoms with Crippen LogP contribution in [0.1, 0.15) is 5.56 Å². The SMILES string of the molecule is CNC(=O)N(C)CCc1cc[nH]c1. The molecule has 0 bridgehead atoms. The third kappa shape index (κ3) is 2.82. The molecule has 0 unspecified atom stereocenters. The van der Waals surface area contributed by atoms with Crippen molar-refractivity contribution in [3.05, 3.63) is 24.0 Å². The van der Waals surface area contributed by atoms with Crippen LogP contribution in [0.25, 0.3) is 0 Å². The van der Waals surface area contributed by atoms with E-state index in [1.165, 1.54) is 5.56 Å².